The molecule has 1 unspecified atom stereocenters. The van der Waals surface area contributed by atoms with Gasteiger partial charge in [0.25, 0.3) is 0 Å². The first-order chi connectivity index (χ1) is 9.19. The van der Waals surface area contributed by atoms with Crippen LogP contribution < -0.4 is 15.8 Å². The third kappa shape index (κ3) is 3.86. The number of benzene rings is 1. The van der Waals surface area contributed by atoms with Gasteiger partial charge in [-0.15, -0.1) is 11.3 Å². The van der Waals surface area contributed by atoms with E-state index in [4.69, 9.17) is 10.5 Å². The van der Waals surface area contributed by atoms with E-state index >= 15 is 0 Å². The van der Waals surface area contributed by atoms with Gasteiger partial charge in [0, 0.05) is 35.1 Å². The molecule has 0 aliphatic carbocycles. The van der Waals surface area contributed by atoms with E-state index in [2.05, 4.69) is 24.1 Å². The molecule has 0 saturated carbocycles. The normalized spacial score (nSPS) is 12.1. The largest absolute Gasteiger partial charge is 0.493 e. The molecular formula is C14H19N3OS. The Labute approximate surface area is 117 Å². The fourth-order valence-corrected chi connectivity index (χ4v) is 2.41. The van der Waals surface area contributed by atoms with Gasteiger partial charge < -0.3 is 15.8 Å². The number of hydrogen-bond donors (Lipinski definition) is 2. The van der Waals surface area contributed by atoms with Gasteiger partial charge in [0.1, 0.15) is 10.8 Å². The average Bonchev–Trinajstić information content (AvgIpc) is 2.89. The van der Waals surface area contributed by atoms with Crippen LogP contribution in [0.3, 0.4) is 0 Å². The van der Waals surface area contributed by atoms with Gasteiger partial charge in [-0.3, -0.25) is 0 Å². The number of hydrogen-bond acceptors (Lipinski definition) is 5. The van der Waals surface area contributed by atoms with Gasteiger partial charge in [0.05, 0.1) is 12.6 Å². The van der Waals surface area contributed by atoms with Crippen molar-refractivity contribution in [2.24, 2.45) is 0 Å². The van der Waals surface area contributed by atoms with Crippen molar-refractivity contribution in [1.82, 2.24) is 4.98 Å². The van der Waals surface area contributed by atoms with Crippen LogP contribution in [0, 0.1) is 0 Å². The van der Waals surface area contributed by atoms with Crippen LogP contribution in [0.5, 0.6) is 5.75 Å². The molecule has 5 heteroatoms. The molecule has 0 radical (unpaired) electrons. The van der Waals surface area contributed by atoms with Crippen LogP contribution in [0.2, 0.25) is 0 Å². The smallest absolute Gasteiger partial charge is 0.123 e. The molecular weight excluding hydrogens is 258 g/mol. The molecule has 2 rings (SSSR count). The van der Waals surface area contributed by atoms with Gasteiger partial charge in [0.15, 0.2) is 0 Å². The lowest BCUT2D eigenvalue weighted by molar-refractivity contribution is 0.318. The summed E-state index contributed by atoms with van der Waals surface area (Å²) in [5.74, 6) is 0.802. The zero-order chi connectivity index (χ0) is 13.7. The van der Waals surface area contributed by atoms with Crippen molar-refractivity contribution in [3.05, 3.63) is 34.8 Å². The minimum Gasteiger partial charge on any atom is -0.493 e. The molecule has 0 aliphatic rings. The first-order valence-electron chi connectivity index (χ1n) is 6.38. The van der Waals surface area contributed by atoms with E-state index in [1.165, 1.54) is 0 Å². The molecule has 2 aromatic rings. The van der Waals surface area contributed by atoms with Crippen molar-refractivity contribution in [1.29, 1.82) is 0 Å². The molecule has 0 saturated heterocycles. The van der Waals surface area contributed by atoms with Crippen molar-refractivity contribution in [3.63, 3.8) is 0 Å². The number of nitrogens with zero attached hydrogens (tertiary/aromatic N) is 1. The number of ether oxygens (including phenoxy) is 1. The third-order valence-electron chi connectivity index (χ3n) is 2.61. The predicted octanol–water partition coefficient (Wildman–Crippen LogP) is 3.69. The number of rotatable bonds is 6. The number of nitrogen functional groups attached to an aromatic ring is 1. The summed E-state index contributed by atoms with van der Waals surface area (Å²) in [6, 6.07) is 5.87. The van der Waals surface area contributed by atoms with Crippen LogP contribution in [0.4, 0.5) is 11.4 Å². The lowest BCUT2D eigenvalue weighted by Crippen LogP contribution is -2.07. The molecule has 0 fully saturated rings. The first-order valence-corrected chi connectivity index (χ1v) is 7.26. The summed E-state index contributed by atoms with van der Waals surface area (Å²) in [7, 11) is 0. The van der Waals surface area contributed by atoms with E-state index in [9.17, 15) is 0 Å². The third-order valence-corrected chi connectivity index (χ3v) is 3.56. The summed E-state index contributed by atoms with van der Waals surface area (Å²) in [5.41, 5.74) is 7.54. The molecule has 0 aliphatic heterocycles. The SMILES string of the molecule is CCCOc1cc(N)cc(NC(C)c2nccs2)c1. The molecule has 1 heterocycles. The second-order valence-electron chi connectivity index (χ2n) is 4.38. The number of thiazole rings is 1. The highest BCUT2D eigenvalue weighted by atomic mass is 32.1. The van der Waals surface area contributed by atoms with Gasteiger partial charge in [0.2, 0.25) is 0 Å². The quantitative estimate of drug-likeness (QED) is 0.791. The minimum atomic E-state index is 0.154. The zero-order valence-corrected chi connectivity index (χ0v) is 12.0. The highest BCUT2D eigenvalue weighted by Gasteiger charge is 2.09. The molecule has 4 nitrogen and oxygen atoms in total. The Kier molecular flexibility index (Phi) is 4.63. The van der Waals surface area contributed by atoms with Crippen molar-refractivity contribution in [2.75, 3.05) is 17.7 Å². The molecule has 1 atom stereocenters. The predicted molar refractivity (Wildman–Crippen MR) is 80.8 cm³/mol. The standard InChI is InChI=1S/C14H19N3OS/c1-3-5-18-13-8-11(15)7-12(9-13)17-10(2)14-16-4-6-19-14/h4,6-10,17H,3,5,15H2,1-2H3. The Morgan fingerprint density at radius 2 is 2.26 bits per heavy atom. The van der Waals surface area contributed by atoms with Gasteiger partial charge in [-0.1, -0.05) is 6.92 Å². The van der Waals surface area contributed by atoms with Crippen molar-refractivity contribution >= 4 is 22.7 Å². The van der Waals surface area contributed by atoms with E-state index in [1.807, 2.05) is 29.8 Å². The maximum atomic E-state index is 5.89. The molecule has 0 amide bonds. The maximum Gasteiger partial charge on any atom is 0.123 e. The topological polar surface area (TPSA) is 60.2 Å². The summed E-state index contributed by atoms with van der Waals surface area (Å²) in [6.45, 7) is 4.86. The maximum absolute atomic E-state index is 5.89. The Bertz CT molecular complexity index is 513. The highest BCUT2D eigenvalue weighted by Crippen LogP contribution is 2.26. The van der Waals surface area contributed by atoms with Crippen LogP contribution in [0.15, 0.2) is 29.8 Å². The summed E-state index contributed by atoms with van der Waals surface area (Å²) < 4.78 is 5.62. The van der Waals surface area contributed by atoms with E-state index in [-0.39, 0.29) is 6.04 Å². The summed E-state index contributed by atoms with van der Waals surface area (Å²) in [4.78, 5) is 4.30. The summed E-state index contributed by atoms with van der Waals surface area (Å²) in [5, 5.41) is 6.42. The second-order valence-corrected chi connectivity index (χ2v) is 5.30. The molecule has 3 N–H and O–H groups in total. The Morgan fingerprint density at radius 3 is 2.95 bits per heavy atom. The molecule has 1 aromatic heterocycles. The van der Waals surface area contributed by atoms with Crippen LogP contribution in [0.25, 0.3) is 0 Å². The average molecular weight is 277 g/mol. The lowest BCUT2D eigenvalue weighted by Gasteiger charge is -2.15. The molecule has 0 spiro atoms. The fourth-order valence-electron chi connectivity index (χ4n) is 1.77. The second kappa shape index (κ2) is 6.43. The first kappa shape index (κ1) is 13.7. The number of aromatic nitrogens is 1. The molecule has 1 aromatic carbocycles. The highest BCUT2D eigenvalue weighted by molar-refractivity contribution is 7.09. The van der Waals surface area contributed by atoms with Crippen molar-refractivity contribution in [3.8, 4) is 5.75 Å². The summed E-state index contributed by atoms with van der Waals surface area (Å²) in [6.07, 6.45) is 2.79. The van der Waals surface area contributed by atoms with Gasteiger partial charge >= 0.3 is 0 Å². The number of nitrogens with two attached hydrogens (primary N) is 1. The van der Waals surface area contributed by atoms with Crippen LogP contribution >= 0.6 is 11.3 Å². The van der Waals surface area contributed by atoms with Gasteiger partial charge in [-0.25, -0.2) is 4.98 Å². The van der Waals surface area contributed by atoms with Crippen LogP contribution in [-0.4, -0.2) is 11.6 Å². The van der Waals surface area contributed by atoms with Crippen molar-refractivity contribution < 1.29 is 4.74 Å². The van der Waals surface area contributed by atoms with E-state index in [1.54, 1.807) is 11.3 Å². The minimum absolute atomic E-state index is 0.154. The molecule has 0 bridgehead atoms. The van der Waals surface area contributed by atoms with E-state index < -0.39 is 0 Å². The Hall–Kier alpha value is -1.75. The molecule has 19 heavy (non-hydrogen) atoms. The van der Waals surface area contributed by atoms with Gasteiger partial charge in [-0.2, -0.15) is 0 Å². The monoisotopic (exact) mass is 277 g/mol. The van der Waals surface area contributed by atoms with Crippen LogP contribution in [-0.2, 0) is 0 Å². The zero-order valence-electron chi connectivity index (χ0n) is 11.2. The number of anilines is 2. The fraction of sp³-hybridized carbons (Fsp3) is 0.357. The Morgan fingerprint density at radius 1 is 1.42 bits per heavy atom. The van der Waals surface area contributed by atoms with Crippen LogP contribution in [0.1, 0.15) is 31.3 Å². The Balaban J connectivity index is 2.09. The summed E-state index contributed by atoms with van der Waals surface area (Å²) >= 11 is 1.64. The lowest BCUT2D eigenvalue weighted by atomic mass is 10.2. The van der Waals surface area contributed by atoms with E-state index in [0.717, 1.165) is 22.9 Å². The number of nitrogens with one attached hydrogen (secondary N) is 1. The van der Waals surface area contributed by atoms with E-state index in [0.29, 0.717) is 12.3 Å². The van der Waals surface area contributed by atoms with Gasteiger partial charge in [-0.05, 0) is 19.4 Å². The van der Waals surface area contributed by atoms with Crippen molar-refractivity contribution in [2.45, 2.75) is 26.3 Å². The molecule has 102 valence electrons.